The first-order valence-corrected chi connectivity index (χ1v) is 5.84. The fourth-order valence-corrected chi connectivity index (χ4v) is 2.58. The van der Waals surface area contributed by atoms with E-state index in [1.165, 1.54) is 11.3 Å². The van der Waals surface area contributed by atoms with E-state index in [4.69, 9.17) is 10.5 Å². The van der Waals surface area contributed by atoms with Crippen molar-refractivity contribution in [1.82, 2.24) is 4.98 Å². The molecule has 0 aliphatic carbocycles. The van der Waals surface area contributed by atoms with Crippen LogP contribution in [0.15, 0.2) is 23.0 Å². The van der Waals surface area contributed by atoms with Gasteiger partial charge in [-0.3, -0.25) is 0 Å². The average molecular weight is 226 g/mol. The predicted molar refractivity (Wildman–Crippen MR) is 59.0 cm³/mol. The summed E-state index contributed by atoms with van der Waals surface area (Å²) in [4.78, 5) is 5.11. The van der Waals surface area contributed by atoms with Crippen LogP contribution in [0.3, 0.4) is 0 Å². The first-order valence-electron chi connectivity index (χ1n) is 4.08. The van der Waals surface area contributed by atoms with Gasteiger partial charge in [0.1, 0.15) is 0 Å². The maximum absolute atomic E-state index is 6.05. The molecule has 0 aliphatic rings. The molecule has 2 aromatic heterocycles. The summed E-state index contributed by atoms with van der Waals surface area (Å²) in [5, 5.41) is 4.73. The molecule has 0 bridgehead atoms. The Morgan fingerprint density at radius 3 is 3.00 bits per heavy atom. The molecule has 5 heteroatoms. The van der Waals surface area contributed by atoms with Crippen LogP contribution in [-0.4, -0.2) is 12.1 Å². The van der Waals surface area contributed by atoms with Gasteiger partial charge in [-0.15, -0.1) is 0 Å². The molecule has 2 heterocycles. The zero-order valence-corrected chi connectivity index (χ0v) is 9.27. The first-order chi connectivity index (χ1) is 6.81. The van der Waals surface area contributed by atoms with E-state index in [1.807, 2.05) is 11.4 Å². The molecular weight excluding hydrogens is 216 g/mol. The SMILES string of the molecule is COc1ncc(C(N)c2ccsc2)s1. The van der Waals surface area contributed by atoms with Gasteiger partial charge in [0.2, 0.25) is 0 Å². The van der Waals surface area contributed by atoms with Crippen molar-refractivity contribution in [3.63, 3.8) is 0 Å². The van der Waals surface area contributed by atoms with Crippen molar-refractivity contribution in [2.45, 2.75) is 6.04 Å². The lowest BCUT2D eigenvalue weighted by Crippen LogP contribution is -2.08. The van der Waals surface area contributed by atoms with E-state index in [-0.39, 0.29) is 6.04 Å². The monoisotopic (exact) mass is 226 g/mol. The molecule has 0 spiro atoms. The largest absolute Gasteiger partial charge is 0.473 e. The number of nitrogens with zero attached hydrogens (tertiary/aromatic N) is 1. The van der Waals surface area contributed by atoms with Gasteiger partial charge in [0.15, 0.2) is 0 Å². The molecule has 0 radical (unpaired) electrons. The number of hydrogen-bond acceptors (Lipinski definition) is 5. The van der Waals surface area contributed by atoms with Crippen LogP contribution in [0.1, 0.15) is 16.5 Å². The van der Waals surface area contributed by atoms with Gasteiger partial charge in [0.05, 0.1) is 13.2 Å². The van der Waals surface area contributed by atoms with Gasteiger partial charge in [0, 0.05) is 11.1 Å². The minimum Gasteiger partial charge on any atom is -0.473 e. The van der Waals surface area contributed by atoms with Crippen LogP contribution in [0, 0.1) is 0 Å². The Morgan fingerprint density at radius 1 is 1.57 bits per heavy atom. The molecule has 0 saturated heterocycles. The van der Waals surface area contributed by atoms with Crippen LogP contribution < -0.4 is 10.5 Å². The Morgan fingerprint density at radius 2 is 2.43 bits per heavy atom. The van der Waals surface area contributed by atoms with Crippen LogP contribution in [0.2, 0.25) is 0 Å². The van der Waals surface area contributed by atoms with Gasteiger partial charge >= 0.3 is 0 Å². The van der Waals surface area contributed by atoms with Crippen molar-refractivity contribution in [2.75, 3.05) is 7.11 Å². The van der Waals surface area contributed by atoms with Gasteiger partial charge in [-0.25, -0.2) is 4.98 Å². The zero-order valence-electron chi connectivity index (χ0n) is 7.64. The summed E-state index contributed by atoms with van der Waals surface area (Å²) in [6.07, 6.45) is 1.77. The van der Waals surface area contributed by atoms with E-state index < -0.39 is 0 Å². The summed E-state index contributed by atoms with van der Waals surface area (Å²) in [7, 11) is 1.61. The summed E-state index contributed by atoms with van der Waals surface area (Å²) >= 11 is 3.13. The number of thiazole rings is 1. The van der Waals surface area contributed by atoms with E-state index in [2.05, 4.69) is 10.4 Å². The summed E-state index contributed by atoms with van der Waals surface area (Å²) in [5.41, 5.74) is 7.18. The van der Waals surface area contributed by atoms with E-state index in [0.717, 1.165) is 10.4 Å². The van der Waals surface area contributed by atoms with Crippen molar-refractivity contribution in [2.24, 2.45) is 5.73 Å². The quantitative estimate of drug-likeness (QED) is 0.873. The number of rotatable bonds is 3. The minimum atomic E-state index is -0.0809. The maximum atomic E-state index is 6.05. The Kier molecular flexibility index (Phi) is 2.81. The van der Waals surface area contributed by atoms with Crippen LogP contribution in [0.25, 0.3) is 0 Å². The average Bonchev–Trinajstić information content (AvgIpc) is 2.88. The van der Waals surface area contributed by atoms with Gasteiger partial charge in [-0.05, 0) is 22.4 Å². The minimum absolute atomic E-state index is 0.0809. The van der Waals surface area contributed by atoms with Gasteiger partial charge in [-0.2, -0.15) is 11.3 Å². The van der Waals surface area contributed by atoms with Crippen molar-refractivity contribution < 1.29 is 4.74 Å². The summed E-state index contributed by atoms with van der Waals surface area (Å²) in [6.45, 7) is 0. The fraction of sp³-hybridized carbons (Fsp3) is 0.222. The molecule has 14 heavy (non-hydrogen) atoms. The first kappa shape index (κ1) is 9.64. The van der Waals surface area contributed by atoms with Crippen molar-refractivity contribution in [3.05, 3.63) is 33.5 Å². The standard InChI is InChI=1S/C9H10N2OS2/c1-12-9-11-4-7(14-9)8(10)6-2-3-13-5-6/h2-5,8H,10H2,1H3. The van der Waals surface area contributed by atoms with Crippen molar-refractivity contribution >= 4 is 22.7 Å². The molecule has 0 fully saturated rings. The van der Waals surface area contributed by atoms with Crippen LogP contribution >= 0.6 is 22.7 Å². The number of ether oxygens (including phenoxy) is 1. The van der Waals surface area contributed by atoms with Crippen LogP contribution in [-0.2, 0) is 0 Å². The Labute approximate surface area is 90.2 Å². The highest BCUT2D eigenvalue weighted by Gasteiger charge is 2.12. The van der Waals surface area contributed by atoms with Gasteiger partial charge in [0.25, 0.3) is 5.19 Å². The summed E-state index contributed by atoms with van der Waals surface area (Å²) in [5.74, 6) is 0. The molecule has 0 amide bonds. The Hall–Kier alpha value is -0.910. The highest BCUT2D eigenvalue weighted by atomic mass is 32.1. The maximum Gasteiger partial charge on any atom is 0.273 e. The number of methoxy groups -OCH3 is 1. The third-order valence-electron chi connectivity index (χ3n) is 1.89. The van der Waals surface area contributed by atoms with Gasteiger partial charge in [-0.1, -0.05) is 11.3 Å². The third kappa shape index (κ3) is 1.79. The second-order valence-electron chi connectivity index (χ2n) is 2.77. The van der Waals surface area contributed by atoms with E-state index >= 15 is 0 Å². The molecule has 0 aromatic carbocycles. The topological polar surface area (TPSA) is 48.1 Å². The van der Waals surface area contributed by atoms with Crippen LogP contribution in [0.5, 0.6) is 5.19 Å². The number of aromatic nitrogens is 1. The molecule has 0 aliphatic heterocycles. The lowest BCUT2D eigenvalue weighted by molar-refractivity contribution is 0.412. The summed E-state index contributed by atoms with van der Waals surface area (Å²) < 4.78 is 5.02. The summed E-state index contributed by atoms with van der Waals surface area (Å²) in [6, 6.07) is 1.95. The normalized spacial score (nSPS) is 12.7. The Bertz CT molecular complexity index is 397. The lowest BCUT2D eigenvalue weighted by Gasteiger charge is -2.04. The van der Waals surface area contributed by atoms with E-state index in [0.29, 0.717) is 5.19 Å². The molecule has 2 rings (SSSR count). The number of thiophene rings is 1. The van der Waals surface area contributed by atoms with Gasteiger partial charge < -0.3 is 10.5 Å². The smallest absolute Gasteiger partial charge is 0.273 e. The Balaban J connectivity index is 2.23. The molecular formula is C9H10N2OS2. The molecule has 1 unspecified atom stereocenters. The highest BCUT2D eigenvalue weighted by molar-refractivity contribution is 7.13. The highest BCUT2D eigenvalue weighted by Crippen LogP contribution is 2.29. The zero-order chi connectivity index (χ0) is 9.97. The van der Waals surface area contributed by atoms with Crippen molar-refractivity contribution in [3.8, 4) is 5.19 Å². The number of hydrogen-bond donors (Lipinski definition) is 1. The molecule has 2 N–H and O–H groups in total. The van der Waals surface area contributed by atoms with E-state index in [9.17, 15) is 0 Å². The molecule has 74 valence electrons. The third-order valence-corrected chi connectivity index (χ3v) is 3.63. The van der Waals surface area contributed by atoms with E-state index in [1.54, 1.807) is 24.6 Å². The molecule has 1 atom stereocenters. The molecule has 2 aromatic rings. The fourth-order valence-electron chi connectivity index (χ4n) is 1.12. The van der Waals surface area contributed by atoms with Crippen molar-refractivity contribution in [1.29, 1.82) is 0 Å². The number of nitrogens with two attached hydrogens (primary N) is 1. The second kappa shape index (κ2) is 4.08. The molecule has 3 nitrogen and oxygen atoms in total. The lowest BCUT2D eigenvalue weighted by atomic mass is 10.1. The second-order valence-corrected chi connectivity index (χ2v) is 4.57. The van der Waals surface area contributed by atoms with Crippen LogP contribution in [0.4, 0.5) is 0 Å². The predicted octanol–water partition coefficient (Wildman–Crippen LogP) is 2.26. The molecule has 0 saturated carbocycles.